The van der Waals surface area contributed by atoms with E-state index in [1.54, 1.807) is 7.11 Å². The number of anilines is 1. The van der Waals surface area contributed by atoms with Crippen LogP contribution in [0.1, 0.15) is 32.7 Å². The minimum atomic E-state index is 0.119. The van der Waals surface area contributed by atoms with Gasteiger partial charge in [0.1, 0.15) is 11.3 Å². The number of nitrogen functional groups attached to an aromatic ring is 1. The highest BCUT2D eigenvalue weighted by atomic mass is 16.5. The summed E-state index contributed by atoms with van der Waals surface area (Å²) in [5, 5.41) is 0. The smallest absolute Gasteiger partial charge is 0.201 e. The first kappa shape index (κ1) is 13.2. The Bertz CT molecular complexity index is 615. The second-order valence-electron chi connectivity index (χ2n) is 5.61. The van der Waals surface area contributed by atoms with Crippen molar-refractivity contribution in [2.45, 2.75) is 44.9 Å². The van der Waals surface area contributed by atoms with Gasteiger partial charge in [0, 0.05) is 13.2 Å². The van der Waals surface area contributed by atoms with Gasteiger partial charge in [0.15, 0.2) is 0 Å². The molecule has 5 heteroatoms. The Labute approximate surface area is 118 Å². The number of nitrogens with two attached hydrogens (primary N) is 1. The topological polar surface area (TPSA) is 62.3 Å². The molecule has 1 aliphatic rings. The lowest BCUT2D eigenvalue weighted by molar-refractivity contribution is 0.00798. The van der Waals surface area contributed by atoms with Gasteiger partial charge in [-0.1, -0.05) is 6.07 Å². The van der Waals surface area contributed by atoms with Gasteiger partial charge in [0.25, 0.3) is 0 Å². The second kappa shape index (κ2) is 4.98. The molecule has 2 aromatic rings. The van der Waals surface area contributed by atoms with Crippen LogP contribution >= 0.6 is 0 Å². The molecule has 3 rings (SSSR count). The minimum Gasteiger partial charge on any atom is -0.489 e. The fourth-order valence-electron chi connectivity index (χ4n) is 2.78. The lowest BCUT2D eigenvalue weighted by atomic mass is 9.89. The Balaban J connectivity index is 1.99. The minimum absolute atomic E-state index is 0.119. The van der Waals surface area contributed by atoms with Crippen LogP contribution in [0.4, 0.5) is 5.95 Å². The number of methoxy groups -OCH3 is 1. The average Bonchev–Trinajstić information content (AvgIpc) is 2.66. The molecule has 1 aliphatic carbocycles. The number of fused-ring (bicyclic) bond motifs is 1. The van der Waals surface area contributed by atoms with E-state index in [4.69, 9.17) is 15.2 Å². The van der Waals surface area contributed by atoms with E-state index in [9.17, 15) is 0 Å². The molecule has 1 fully saturated rings. The van der Waals surface area contributed by atoms with Crippen LogP contribution in [0.15, 0.2) is 18.2 Å². The summed E-state index contributed by atoms with van der Waals surface area (Å²) in [5.74, 6) is 1.35. The predicted octanol–water partition coefficient (Wildman–Crippen LogP) is 2.76. The van der Waals surface area contributed by atoms with Crippen LogP contribution < -0.4 is 10.5 Å². The van der Waals surface area contributed by atoms with Gasteiger partial charge in [-0.2, -0.15) is 0 Å². The maximum Gasteiger partial charge on any atom is 0.201 e. The molecule has 0 bridgehead atoms. The summed E-state index contributed by atoms with van der Waals surface area (Å²) in [6, 6.07) is 6.35. The Morgan fingerprint density at radius 2 is 2.10 bits per heavy atom. The molecular weight excluding hydrogens is 254 g/mol. The summed E-state index contributed by atoms with van der Waals surface area (Å²) in [6.07, 6.45) is 2.43. The zero-order chi connectivity index (χ0) is 14.3. The number of hydrogen-bond acceptors (Lipinski definition) is 4. The molecule has 0 saturated heterocycles. The number of para-hydroxylation sites is 1. The Morgan fingerprint density at radius 1 is 1.35 bits per heavy atom. The van der Waals surface area contributed by atoms with Crippen molar-refractivity contribution in [3.8, 4) is 5.75 Å². The first-order valence-corrected chi connectivity index (χ1v) is 7.06. The quantitative estimate of drug-likeness (QED) is 0.932. The molecule has 20 heavy (non-hydrogen) atoms. The molecule has 1 aromatic heterocycles. The zero-order valence-electron chi connectivity index (χ0n) is 12.2. The molecule has 1 heterocycles. The normalized spacial score (nSPS) is 22.2. The maximum absolute atomic E-state index is 6.11. The molecule has 0 atom stereocenters. The second-order valence-corrected chi connectivity index (χ2v) is 5.61. The van der Waals surface area contributed by atoms with Crippen LogP contribution in [-0.4, -0.2) is 28.9 Å². The van der Waals surface area contributed by atoms with Crippen LogP contribution in [0.3, 0.4) is 0 Å². The lowest BCUT2D eigenvalue weighted by Gasteiger charge is -2.35. The highest BCUT2D eigenvalue weighted by Crippen LogP contribution is 2.39. The van der Waals surface area contributed by atoms with Crippen molar-refractivity contribution in [2.75, 3.05) is 12.8 Å². The summed E-state index contributed by atoms with van der Waals surface area (Å²) in [5.41, 5.74) is 7.99. The van der Waals surface area contributed by atoms with Crippen LogP contribution in [0.25, 0.3) is 11.0 Å². The standard InChI is InChI=1S/C15H21N3O2/c1-9(2)20-13-6-4-5-12-14(13)17-15(16)18(12)10-7-11(8-10)19-3/h4-6,9-11H,7-8H2,1-3H3,(H2,16,17). The molecule has 0 aliphatic heterocycles. The number of benzene rings is 1. The van der Waals surface area contributed by atoms with Gasteiger partial charge >= 0.3 is 0 Å². The molecule has 0 amide bonds. The molecule has 1 aromatic carbocycles. The first-order chi connectivity index (χ1) is 9.60. The summed E-state index contributed by atoms with van der Waals surface area (Å²) in [7, 11) is 1.75. The Morgan fingerprint density at radius 3 is 2.75 bits per heavy atom. The van der Waals surface area contributed by atoms with Crippen molar-refractivity contribution in [2.24, 2.45) is 0 Å². The number of nitrogens with zero attached hydrogens (tertiary/aromatic N) is 2. The van der Waals surface area contributed by atoms with Crippen LogP contribution in [0, 0.1) is 0 Å². The van der Waals surface area contributed by atoms with Crippen LogP contribution in [-0.2, 0) is 4.74 Å². The van der Waals surface area contributed by atoms with E-state index >= 15 is 0 Å². The van der Waals surface area contributed by atoms with E-state index in [0.717, 1.165) is 29.6 Å². The van der Waals surface area contributed by atoms with E-state index < -0.39 is 0 Å². The van der Waals surface area contributed by atoms with Gasteiger partial charge in [-0.25, -0.2) is 4.98 Å². The molecule has 0 radical (unpaired) electrons. The highest BCUT2D eigenvalue weighted by molar-refractivity contribution is 5.84. The fraction of sp³-hybridized carbons (Fsp3) is 0.533. The van der Waals surface area contributed by atoms with Crippen molar-refractivity contribution in [3.63, 3.8) is 0 Å². The fourth-order valence-corrected chi connectivity index (χ4v) is 2.78. The third kappa shape index (κ3) is 2.12. The third-order valence-corrected chi connectivity index (χ3v) is 3.84. The van der Waals surface area contributed by atoms with Crippen molar-refractivity contribution >= 4 is 17.0 Å². The molecule has 2 N–H and O–H groups in total. The average molecular weight is 275 g/mol. The molecule has 0 unspecified atom stereocenters. The first-order valence-electron chi connectivity index (χ1n) is 7.06. The number of rotatable bonds is 4. The van der Waals surface area contributed by atoms with Gasteiger partial charge in [0.2, 0.25) is 5.95 Å². The summed E-state index contributed by atoms with van der Waals surface area (Å²) < 4.78 is 13.3. The largest absolute Gasteiger partial charge is 0.489 e. The van der Waals surface area contributed by atoms with Crippen molar-refractivity contribution in [1.29, 1.82) is 0 Å². The number of aromatic nitrogens is 2. The van der Waals surface area contributed by atoms with Crippen molar-refractivity contribution < 1.29 is 9.47 Å². The van der Waals surface area contributed by atoms with Crippen LogP contribution in [0.5, 0.6) is 5.75 Å². The maximum atomic E-state index is 6.11. The molecule has 0 spiro atoms. The predicted molar refractivity (Wildman–Crippen MR) is 79.0 cm³/mol. The molecule has 5 nitrogen and oxygen atoms in total. The van der Waals surface area contributed by atoms with Gasteiger partial charge in [-0.15, -0.1) is 0 Å². The lowest BCUT2D eigenvalue weighted by Crippen LogP contribution is -2.32. The van der Waals surface area contributed by atoms with Crippen molar-refractivity contribution in [1.82, 2.24) is 9.55 Å². The van der Waals surface area contributed by atoms with E-state index in [2.05, 4.69) is 9.55 Å². The monoisotopic (exact) mass is 275 g/mol. The van der Waals surface area contributed by atoms with Crippen molar-refractivity contribution in [3.05, 3.63) is 18.2 Å². The number of imidazole rings is 1. The summed E-state index contributed by atoms with van der Waals surface area (Å²) in [6.45, 7) is 4.02. The van der Waals surface area contributed by atoms with E-state index in [1.165, 1.54) is 0 Å². The van der Waals surface area contributed by atoms with E-state index in [0.29, 0.717) is 18.1 Å². The van der Waals surface area contributed by atoms with Gasteiger partial charge in [0.05, 0.1) is 17.7 Å². The SMILES string of the molecule is COC1CC(n2c(N)nc3c(OC(C)C)cccc32)C1. The molecule has 108 valence electrons. The van der Waals surface area contributed by atoms with Crippen LogP contribution in [0.2, 0.25) is 0 Å². The van der Waals surface area contributed by atoms with Gasteiger partial charge < -0.3 is 19.8 Å². The third-order valence-electron chi connectivity index (χ3n) is 3.84. The number of hydrogen-bond donors (Lipinski definition) is 1. The summed E-state index contributed by atoms with van der Waals surface area (Å²) in [4.78, 5) is 4.49. The zero-order valence-corrected chi connectivity index (χ0v) is 12.2. The van der Waals surface area contributed by atoms with Gasteiger partial charge in [-0.3, -0.25) is 0 Å². The van der Waals surface area contributed by atoms with E-state index in [1.807, 2.05) is 32.0 Å². The Kier molecular flexibility index (Phi) is 3.30. The van der Waals surface area contributed by atoms with Gasteiger partial charge in [-0.05, 0) is 38.8 Å². The molecular formula is C15H21N3O2. The highest BCUT2D eigenvalue weighted by Gasteiger charge is 2.33. The summed E-state index contributed by atoms with van der Waals surface area (Å²) >= 11 is 0. The number of ether oxygens (including phenoxy) is 2. The Hall–Kier alpha value is -1.75. The molecule has 1 saturated carbocycles. The van der Waals surface area contributed by atoms with E-state index in [-0.39, 0.29) is 6.10 Å².